The van der Waals surface area contributed by atoms with Crippen molar-refractivity contribution < 1.29 is 59.1 Å². The molecule has 246 valence electrons. The number of rotatable bonds is 10. The van der Waals surface area contributed by atoms with Crippen LogP contribution in [0.15, 0.2) is 0 Å². The average molecular weight is 612 g/mol. The van der Waals surface area contributed by atoms with Crippen molar-refractivity contribution >= 4 is 0 Å². The van der Waals surface area contributed by atoms with Crippen molar-refractivity contribution in [3.05, 3.63) is 0 Å². The van der Waals surface area contributed by atoms with Crippen LogP contribution in [0.5, 0.6) is 0 Å². The van der Waals surface area contributed by atoms with E-state index in [1.807, 2.05) is 0 Å². The lowest BCUT2D eigenvalue weighted by Gasteiger charge is -2.46. The van der Waals surface area contributed by atoms with Crippen LogP contribution in [0.2, 0.25) is 0 Å². The van der Waals surface area contributed by atoms with Crippen LogP contribution in [0.25, 0.3) is 0 Å². The standard InChI is InChI=1S/C25H49N5O12/c1-8-16(33)18(35)14(6-27)38-23(8)41-21-15(7-31)39-25(19(21)36)42-22-17(34)10(29)4-11(30)20(22)40-24-9(28)2-3-13(37-24)12(32)5-26/h8-25,31-36H,2-7,26-30H2,1H3/t8-,9-,10-,11+,12+,13+,14+,15-,16-,17+,18-,19-,20-,21-,22-,23?,24-,25+/m1/s1. The molecule has 0 amide bonds. The first kappa shape index (κ1) is 34.2. The van der Waals surface area contributed by atoms with Gasteiger partial charge in [0, 0.05) is 31.1 Å². The monoisotopic (exact) mass is 611 g/mol. The van der Waals surface area contributed by atoms with Crippen LogP contribution in [0.4, 0.5) is 0 Å². The SMILES string of the molecule is C[C@H]1C(O[C@H]2[C@@H](O)[C@H](O[C@@H]3[C@@H](O)[C@H](N)C[C@H](N)[C@H]3O[C@H]3O[C@H]([C@@H](O)CN)CC[C@H]3N)O[C@@H]2CO)O[C@@H](CN)[C@@H](O)[C@@H]1O. The highest BCUT2D eigenvalue weighted by atomic mass is 16.8. The van der Waals surface area contributed by atoms with Gasteiger partial charge in [0.1, 0.15) is 42.7 Å². The summed E-state index contributed by atoms with van der Waals surface area (Å²) in [6.07, 6.45) is -14.6. The molecule has 1 saturated carbocycles. The number of hydrogen-bond donors (Lipinski definition) is 11. The second-order valence-corrected chi connectivity index (χ2v) is 11.8. The lowest BCUT2D eigenvalue weighted by Crippen LogP contribution is -2.65. The summed E-state index contributed by atoms with van der Waals surface area (Å²) in [7, 11) is 0. The fourth-order valence-electron chi connectivity index (χ4n) is 6.02. The van der Waals surface area contributed by atoms with E-state index in [-0.39, 0.29) is 19.5 Å². The van der Waals surface area contributed by atoms with Crippen LogP contribution < -0.4 is 28.7 Å². The highest BCUT2D eigenvalue weighted by Gasteiger charge is 2.53. The average Bonchev–Trinajstić information content (AvgIpc) is 3.27. The predicted octanol–water partition coefficient (Wildman–Crippen LogP) is -6.17. The molecule has 0 aromatic carbocycles. The van der Waals surface area contributed by atoms with E-state index in [2.05, 4.69) is 0 Å². The molecule has 1 aliphatic carbocycles. The Hall–Kier alpha value is -0.680. The smallest absolute Gasteiger partial charge is 0.187 e. The van der Waals surface area contributed by atoms with E-state index in [4.69, 9.17) is 57.1 Å². The molecule has 0 spiro atoms. The normalized spacial score (nSPS) is 51.0. The third-order valence-corrected chi connectivity index (χ3v) is 8.76. The zero-order chi connectivity index (χ0) is 30.9. The first-order valence-corrected chi connectivity index (χ1v) is 14.5. The summed E-state index contributed by atoms with van der Waals surface area (Å²) in [5.41, 5.74) is 30.0. The highest BCUT2D eigenvalue weighted by Crippen LogP contribution is 2.35. The van der Waals surface area contributed by atoms with Gasteiger partial charge in [-0.25, -0.2) is 0 Å². The summed E-state index contributed by atoms with van der Waals surface area (Å²) >= 11 is 0. The van der Waals surface area contributed by atoms with E-state index in [1.165, 1.54) is 0 Å². The first-order valence-electron chi connectivity index (χ1n) is 14.5. The molecule has 18 atom stereocenters. The summed E-state index contributed by atoms with van der Waals surface area (Å²) in [6, 6.07) is -2.10. The molecule has 16 N–H and O–H groups in total. The van der Waals surface area contributed by atoms with Crippen LogP contribution in [0, 0.1) is 5.92 Å². The molecular formula is C25H49N5O12. The minimum atomic E-state index is -1.50. The molecular weight excluding hydrogens is 562 g/mol. The van der Waals surface area contributed by atoms with E-state index < -0.39 is 117 Å². The minimum absolute atomic E-state index is 0.0157. The Bertz CT molecular complexity index is 852. The number of hydrogen-bond acceptors (Lipinski definition) is 17. The molecule has 4 fully saturated rings. The van der Waals surface area contributed by atoms with Gasteiger partial charge in [0.25, 0.3) is 0 Å². The Balaban J connectivity index is 1.48. The molecule has 3 heterocycles. The number of ether oxygens (including phenoxy) is 6. The number of aliphatic hydroxyl groups is 6. The zero-order valence-corrected chi connectivity index (χ0v) is 23.7. The molecule has 0 bridgehead atoms. The van der Waals surface area contributed by atoms with E-state index in [1.54, 1.807) is 6.92 Å². The maximum absolute atomic E-state index is 11.2. The largest absolute Gasteiger partial charge is 0.394 e. The van der Waals surface area contributed by atoms with Gasteiger partial charge in [0.05, 0.1) is 37.1 Å². The zero-order valence-electron chi connectivity index (χ0n) is 23.7. The third-order valence-electron chi connectivity index (χ3n) is 8.76. The Morgan fingerprint density at radius 2 is 1.36 bits per heavy atom. The van der Waals surface area contributed by atoms with Crippen molar-refractivity contribution in [2.75, 3.05) is 19.7 Å². The fourth-order valence-corrected chi connectivity index (χ4v) is 6.02. The van der Waals surface area contributed by atoms with Gasteiger partial charge in [0.2, 0.25) is 0 Å². The molecule has 3 saturated heterocycles. The Labute approximate surface area is 244 Å². The molecule has 4 aliphatic rings. The van der Waals surface area contributed by atoms with Crippen LogP contribution >= 0.6 is 0 Å². The van der Waals surface area contributed by atoms with E-state index >= 15 is 0 Å². The van der Waals surface area contributed by atoms with Crippen molar-refractivity contribution in [3.8, 4) is 0 Å². The minimum Gasteiger partial charge on any atom is -0.394 e. The molecule has 17 nitrogen and oxygen atoms in total. The van der Waals surface area contributed by atoms with Crippen LogP contribution in [-0.4, -0.2) is 154 Å². The molecule has 42 heavy (non-hydrogen) atoms. The van der Waals surface area contributed by atoms with Gasteiger partial charge in [-0.2, -0.15) is 0 Å². The molecule has 3 aliphatic heterocycles. The maximum Gasteiger partial charge on any atom is 0.187 e. The predicted molar refractivity (Wildman–Crippen MR) is 143 cm³/mol. The molecule has 0 aromatic rings. The third kappa shape index (κ3) is 7.08. The molecule has 1 unspecified atom stereocenters. The summed E-state index contributed by atoms with van der Waals surface area (Å²) in [5, 5.41) is 63.0. The summed E-state index contributed by atoms with van der Waals surface area (Å²) in [4.78, 5) is 0. The fraction of sp³-hybridized carbons (Fsp3) is 1.00. The van der Waals surface area contributed by atoms with Gasteiger partial charge in [-0.05, 0) is 19.3 Å². The number of aliphatic hydroxyl groups excluding tert-OH is 6. The first-order chi connectivity index (χ1) is 19.9. The van der Waals surface area contributed by atoms with Gasteiger partial charge in [-0.3, -0.25) is 0 Å². The Kier molecular flexibility index (Phi) is 11.9. The lowest BCUT2D eigenvalue weighted by atomic mass is 9.84. The van der Waals surface area contributed by atoms with Crippen molar-refractivity contribution in [2.24, 2.45) is 34.6 Å². The topological polar surface area (TPSA) is 307 Å². The maximum atomic E-state index is 11.2. The van der Waals surface area contributed by atoms with Crippen LogP contribution in [0.3, 0.4) is 0 Å². The number of nitrogens with two attached hydrogens (primary N) is 5. The van der Waals surface area contributed by atoms with Gasteiger partial charge in [-0.15, -0.1) is 0 Å². The van der Waals surface area contributed by atoms with Gasteiger partial charge < -0.3 is 87.7 Å². The van der Waals surface area contributed by atoms with E-state index in [0.29, 0.717) is 12.8 Å². The molecule has 0 aromatic heterocycles. The second-order valence-electron chi connectivity index (χ2n) is 11.8. The van der Waals surface area contributed by atoms with Crippen molar-refractivity contribution in [3.63, 3.8) is 0 Å². The van der Waals surface area contributed by atoms with Crippen LogP contribution in [0.1, 0.15) is 26.2 Å². The van der Waals surface area contributed by atoms with Gasteiger partial charge in [0.15, 0.2) is 18.9 Å². The summed E-state index contributed by atoms with van der Waals surface area (Å²) in [6.45, 7) is 0.910. The van der Waals surface area contributed by atoms with Crippen LogP contribution in [-0.2, 0) is 28.4 Å². The van der Waals surface area contributed by atoms with Crippen molar-refractivity contribution in [1.29, 1.82) is 0 Å². The molecule has 17 heteroatoms. The van der Waals surface area contributed by atoms with Gasteiger partial charge >= 0.3 is 0 Å². The Morgan fingerprint density at radius 3 is 2.00 bits per heavy atom. The lowest BCUT2D eigenvalue weighted by molar-refractivity contribution is -0.298. The van der Waals surface area contributed by atoms with Crippen molar-refractivity contribution in [2.45, 2.75) is 130 Å². The van der Waals surface area contributed by atoms with E-state index in [0.717, 1.165) is 0 Å². The summed E-state index contributed by atoms with van der Waals surface area (Å²) < 4.78 is 35.5. The van der Waals surface area contributed by atoms with Gasteiger partial charge in [-0.1, -0.05) is 6.92 Å². The quantitative estimate of drug-likeness (QED) is 0.109. The summed E-state index contributed by atoms with van der Waals surface area (Å²) in [5.74, 6) is -0.718. The highest BCUT2D eigenvalue weighted by molar-refractivity contribution is 5.01. The molecule has 0 radical (unpaired) electrons. The van der Waals surface area contributed by atoms with E-state index in [9.17, 15) is 30.6 Å². The second kappa shape index (κ2) is 14.6. The Morgan fingerprint density at radius 1 is 0.714 bits per heavy atom. The molecule has 4 rings (SSSR count). The van der Waals surface area contributed by atoms with Crippen molar-refractivity contribution in [1.82, 2.24) is 0 Å².